The van der Waals surface area contributed by atoms with E-state index < -0.39 is 5.60 Å². The monoisotopic (exact) mass is 315 g/mol. The molecule has 0 spiro atoms. The average molecular weight is 315 g/mol. The Balaban J connectivity index is 1.74. The van der Waals surface area contributed by atoms with Crippen LogP contribution in [0.5, 0.6) is 0 Å². The predicted octanol–water partition coefficient (Wildman–Crippen LogP) is 0.762. The molecule has 2 heterocycles. The van der Waals surface area contributed by atoms with Crippen LogP contribution in [0.15, 0.2) is 35.1 Å². The molecule has 1 unspecified atom stereocenters. The lowest BCUT2D eigenvalue weighted by molar-refractivity contribution is 0.0275. The second kappa shape index (κ2) is 6.52. The summed E-state index contributed by atoms with van der Waals surface area (Å²) in [6, 6.07) is 8.37. The fourth-order valence-electron chi connectivity index (χ4n) is 2.95. The summed E-state index contributed by atoms with van der Waals surface area (Å²) in [6.07, 6.45) is 2.12. The van der Waals surface area contributed by atoms with E-state index in [4.69, 9.17) is 0 Å². The summed E-state index contributed by atoms with van der Waals surface area (Å²) in [5, 5.41) is 17.1. The van der Waals surface area contributed by atoms with E-state index in [1.165, 1.54) is 6.07 Å². The summed E-state index contributed by atoms with van der Waals surface area (Å²) in [6.45, 7) is 1.80. The topological polar surface area (TPSA) is 94.2 Å². The number of aromatic amines is 1. The Morgan fingerprint density at radius 1 is 1.26 bits per heavy atom. The molecule has 2 aromatic rings. The van der Waals surface area contributed by atoms with Crippen LogP contribution in [0.4, 0.5) is 0 Å². The van der Waals surface area contributed by atoms with Crippen LogP contribution in [-0.4, -0.2) is 41.2 Å². The van der Waals surface area contributed by atoms with Gasteiger partial charge in [-0.2, -0.15) is 0 Å². The third kappa shape index (κ3) is 3.60. The van der Waals surface area contributed by atoms with Crippen LogP contribution in [0, 0.1) is 0 Å². The third-order valence-electron chi connectivity index (χ3n) is 4.32. The van der Waals surface area contributed by atoms with Gasteiger partial charge in [0.05, 0.1) is 5.60 Å². The second-order valence-corrected chi connectivity index (χ2v) is 6.10. The number of fused-ring (bicyclic) bond motifs is 1. The number of carbonyl (C=O) groups excluding carboxylic acids is 1. The Kier molecular flexibility index (Phi) is 4.45. The number of nitrogens with one attached hydrogen (secondary N) is 3. The van der Waals surface area contributed by atoms with Crippen molar-refractivity contribution in [1.82, 2.24) is 15.6 Å². The number of rotatable bonds is 3. The molecule has 122 valence electrons. The highest BCUT2D eigenvalue weighted by Gasteiger charge is 2.28. The molecule has 0 aliphatic carbocycles. The molecule has 1 fully saturated rings. The van der Waals surface area contributed by atoms with E-state index in [2.05, 4.69) is 15.6 Å². The van der Waals surface area contributed by atoms with Crippen LogP contribution in [0.3, 0.4) is 0 Å². The van der Waals surface area contributed by atoms with Crippen LogP contribution in [0.25, 0.3) is 10.9 Å². The zero-order chi connectivity index (χ0) is 16.3. The standard InChI is InChI=1S/C17H21N3O3/c21-15-10-14(20-13-5-2-1-4-12(13)15)16(22)19-11-17(23)6-3-8-18-9-7-17/h1-2,4-5,10,18,23H,3,6-9,11H2,(H,19,22)(H,20,21). The molecule has 1 atom stereocenters. The molecule has 6 nitrogen and oxygen atoms in total. The highest BCUT2D eigenvalue weighted by Crippen LogP contribution is 2.18. The molecule has 0 saturated carbocycles. The fraction of sp³-hybridized carbons (Fsp3) is 0.412. The normalized spacial score (nSPS) is 21.8. The van der Waals surface area contributed by atoms with Crippen molar-refractivity contribution in [1.29, 1.82) is 0 Å². The smallest absolute Gasteiger partial charge is 0.267 e. The molecule has 1 aliphatic heterocycles. The van der Waals surface area contributed by atoms with Gasteiger partial charge in [-0.3, -0.25) is 9.59 Å². The molecular weight excluding hydrogens is 294 g/mol. The maximum absolute atomic E-state index is 12.3. The van der Waals surface area contributed by atoms with Crippen molar-refractivity contribution in [3.05, 3.63) is 46.2 Å². The van der Waals surface area contributed by atoms with Crippen molar-refractivity contribution in [2.45, 2.75) is 24.9 Å². The first-order valence-corrected chi connectivity index (χ1v) is 7.91. The quantitative estimate of drug-likeness (QED) is 0.673. The summed E-state index contributed by atoms with van der Waals surface area (Å²) in [4.78, 5) is 27.3. The van der Waals surface area contributed by atoms with Gasteiger partial charge >= 0.3 is 0 Å². The van der Waals surface area contributed by atoms with Gasteiger partial charge in [-0.25, -0.2) is 0 Å². The van der Waals surface area contributed by atoms with Crippen molar-refractivity contribution in [2.75, 3.05) is 19.6 Å². The summed E-state index contributed by atoms with van der Waals surface area (Å²) in [5.74, 6) is -0.376. The first-order chi connectivity index (χ1) is 11.1. The summed E-state index contributed by atoms with van der Waals surface area (Å²) in [7, 11) is 0. The average Bonchev–Trinajstić information content (AvgIpc) is 2.78. The first-order valence-electron chi connectivity index (χ1n) is 7.91. The van der Waals surface area contributed by atoms with E-state index in [1.807, 2.05) is 0 Å². The Bertz CT molecular complexity index is 761. The van der Waals surface area contributed by atoms with E-state index in [0.717, 1.165) is 19.5 Å². The zero-order valence-corrected chi connectivity index (χ0v) is 12.9. The Hall–Kier alpha value is -2.18. The van der Waals surface area contributed by atoms with Crippen LogP contribution < -0.4 is 16.1 Å². The van der Waals surface area contributed by atoms with Crippen molar-refractivity contribution in [3.63, 3.8) is 0 Å². The number of H-pyrrole nitrogens is 1. The van der Waals surface area contributed by atoms with E-state index in [1.54, 1.807) is 24.3 Å². The third-order valence-corrected chi connectivity index (χ3v) is 4.32. The molecule has 1 aromatic carbocycles. The Morgan fingerprint density at radius 2 is 2.09 bits per heavy atom. The van der Waals surface area contributed by atoms with Gasteiger partial charge in [-0.05, 0) is 44.5 Å². The van der Waals surface area contributed by atoms with Crippen LogP contribution in [0.1, 0.15) is 29.8 Å². The van der Waals surface area contributed by atoms with Gasteiger partial charge < -0.3 is 20.7 Å². The number of hydrogen-bond acceptors (Lipinski definition) is 4. The second-order valence-electron chi connectivity index (χ2n) is 6.10. The number of aliphatic hydroxyl groups is 1. The summed E-state index contributed by atoms with van der Waals surface area (Å²) >= 11 is 0. The van der Waals surface area contributed by atoms with Crippen molar-refractivity contribution < 1.29 is 9.90 Å². The number of aromatic nitrogens is 1. The molecule has 1 saturated heterocycles. The minimum Gasteiger partial charge on any atom is -0.388 e. The molecule has 1 aromatic heterocycles. The lowest BCUT2D eigenvalue weighted by Gasteiger charge is -2.26. The van der Waals surface area contributed by atoms with Crippen LogP contribution in [-0.2, 0) is 0 Å². The highest BCUT2D eigenvalue weighted by molar-refractivity contribution is 5.94. The van der Waals surface area contributed by atoms with Gasteiger partial charge in [0, 0.05) is 23.5 Å². The van der Waals surface area contributed by atoms with Gasteiger partial charge in [0.25, 0.3) is 5.91 Å². The minimum atomic E-state index is -0.893. The van der Waals surface area contributed by atoms with E-state index in [9.17, 15) is 14.7 Å². The summed E-state index contributed by atoms with van der Waals surface area (Å²) < 4.78 is 0. The maximum atomic E-state index is 12.3. The number of para-hydroxylation sites is 1. The number of hydrogen-bond donors (Lipinski definition) is 4. The summed E-state index contributed by atoms with van der Waals surface area (Å²) in [5.41, 5.74) is -0.246. The molecule has 1 amide bonds. The number of amides is 1. The van der Waals surface area contributed by atoms with Crippen LogP contribution in [0.2, 0.25) is 0 Å². The predicted molar refractivity (Wildman–Crippen MR) is 88.6 cm³/mol. The van der Waals surface area contributed by atoms with Gasteiger partial charge in [-0.15, -0.1) is 0 Å². The first kappa shape index (κ1) is 15.7. The van der Waals surface area contributed by atoms with Gasteiger partial charge in [0.1, 0.15) is 5.69 Å². The van der Waals surface area contributed by atoms with E-state index >= 15 is 0 Å². The minimum absolute atomic E-state index is 0.183. The Morgan fingerprint density at radius 3 is 2.96 bits per heavy atom. The molecule has 0 bridgehead atoms. The molecule has 1 aliphatic rings. The molecule has 4 N–H and O–H groups in total. The SMILES string of the molecule is O=C(NCC1(O)CCCNCC1)c1cc(=O)c2ccccc2[nH]1. The number of carbonyl (C=O) groups is 1. The van der Waals surface area contributed by atoms with E-state index in [-0.39, 0.29) is 23.6 Å². The molecular formula is C17H21N3O3. The van der Waals surface area contributed by atoms with Gasteiger partial charge in [0.2, 0.25) is 0 Å². The molecule has 23 heavy (non-hydrogen) atoms. The highest BCUT2D eigenvalue weighted by atomic mass is 16.3. The number of pyridine rings is 1. The molecule has 6 heteroatoms. The van der Waals surface area contributed by atoms with Crippen LogP contribution >= 0.6 is 0 Å². The van der Waals surface area contributed by atoms with Crippen molar-refractivity contribution >= 4 is 16.8 Å². The van der Waals surface area contributed by atoms with Crippen molar-refractivity contribution in [2.24, 2.45) is 0 Å². The van der Waals surface area contributed by atoms with Gasteiger partial charge in [-0.1, -0.05) is 12.1 Å². The van der Waals surface area contributed by atoms with E-state index in [0.29, 0.717) is 23.7 Å². The molecule has 3 rings (SSSR count). The Labute approximate surface area is 133 Å². The number of benzene rings is 1. The lowest BCUT2D eigenvalue weighted by atomic mass is 9.95. The zero-order valence-electron chi connectivity index (χ0n) is 12.9. The maximum Gasteiger partial charge on any atom is 0.267 e. The lowest BCUT2D eigenvalue weighted by Crippen LogP contribution is -2.43. The fourth-order valence-corrected chi connectivity index (χ4v) is 2.95. The largest absolute Gasteiger partial charge is 0.388 e. The molecule has 0 radical (unpaired) electrons. The van der Waals surface area contributed by atoms with Gasteiger partial charge in [0.15, 0.2) is 5.43 Å². The van der Waals surface area contributed by atoms with Crippen molar-refractivity contribution in [3.8, 4) is 0 Å².